The van der Waals surface area contributed by atoms with Gasteiger partial charge in [-0.15, -0.1) is 0 Å². The first-order chi connectivity index (χ1) is 15.3. The zero-order valence-corrected chi connectivity index (χ0v) is 20.3. The van der Waals surface area contributed by atoms with E-state index in [9.17, 15) is 9.59 Å². The van der Waals surface area contributed by atoms with Gasteiger partial charge in [-0.3, -0.25) is 13.9 Å². The topological polar surface area (TPSA) is 99.2 Å². The SMILES string of the molecule is CC(C)Cn1c(=O)n(C)c(=O)c2nc(CCCCCO)c(COc3ccccc3Br)nc21. The Balaban J connectivity index is 2.10. The number of hydrogen-bond donors (Lipinski definition) is 1. The summed E-state index contributed by atoms with van der Waals surface area (Å²) in [6.45, 7) is 4.74. The predicted octanol–water partition coefficient (Wildman–Crippen LogP) is 3.19. The molecule has 0 bridgehead atoms. The summed E-state index contributed by atoms with van der Waals surface area (Å²) >= 11 is 3.48. The zero-order chi connectivity index (χ0) is 23.3. The minimum absolute atomic E-state index is 0.142. The van der Waals surface area contributed by atoms with Crippen LogP contribution in [0, 0.1) is 5.92 Å². The van der Waals surface area contributed by atoms with Crippen molar-refractivity contribution in [2.24, 2.45) is 13.0 Å². The van der Waals surface area contributed by atoms with Crippen LogP contribution in [0.1, 0.15) is 44.5 Å². The second-order valence-electron chi connectivity index (χ2n) is 8.19. The van der Waals surface area contributed by atoms with Crippen LogP contribution in [-0.4, -0.2) is 30.8 Å². The molecule has 32 heavy (non-hydrogen) atoms. The van der Waals surface area contributed by atoms with Crippen LogP contribution in [0.15, 0.2) is 38.3 Å². The van der Waals surface area contributed by atoms with Crippen molar-refractivity contribution < 1.29 is 9.84 Å². The number of unbranched alkanes of at least 4 members (excludes halogenated alkanes) is 2. The fraction of sp³-hybridized carbons (Fsp3) is 0.478. The van der Waals surface area contributed by atoms with E-state index in [0.29, 0.717) is 36.5 Å². The van der Waals surface area contributed by atoms with Gasteiger partial charge in [-0.2, -0.15) is 0 Å². The fourth-order valence-corrected chi connectivity index (χ4v) is 3.88. The lowest BCUT2D eigenvalue weighted by molar-refractivity contribution is 0.282. The van der Waals surface area contributed by atoms with Gasteiger partial charge in [0.1, 0.15) is 18.1 Å². The highest BCUT2D eigenvalue weighted by atomic mass is 79.9. The Morgan fingerprint density at radius 1 is 1.09 bits per heavy atom. The summed E-state index contributed by atoms with van der Waals surface area (Å²) in [6, 6.07) is 7.52. The molecule has 0 aliphatic heterocycles. The highest BCUT2D eigenvalue weighted by molar-refractivity contribution is 9.10. The fourth-order valence-electron chi connectivity index (χ4n) is 3.48. The second-order valence-corrected chi connectivity index (χ2v) is 9.05. The van der Waals surface area contributed by atoms with E-state index in [2.05, 4.69) is 20.9 Å². The van der Waals surface area contributed by atoms with E-state index in [1.165, 1.54) is 11.6 Å². The molecule has 2 heterocycles. The number of benzene rings is 1. The maximum atomic E-state index is 12.8. The van der Waals surface area contributed by atoms with Crippen LogP contribution in [0.4, 0.5) is 0 Å². The molecular formula is C23H29BrN4O4. The molecule has 0 fully saturated rings. The molecule has 3 aromatic rings. The Bertz CT molecular complexity index is 1200. The van der Waals surface area contributed by atoms with Gasteiger partial charge in [0.2, 0.25) is 0 Å². The van der Waals surface area contributed by atoms with Crippen molar-refractivity contribution in [2.45, 2.75) is 52.7 Å². The minimum Gasteiger partial charge on any atom is -0.486 e. The molecule has 3 rings (SSSR count). The number of aliphatic hydroxyl groups is 1. The van der Waals surface area contributed by atoms with Gasteiger partial charge in [0.15, 0.2) is 11.2 Å². The van der Waals surface area contributed by atoms with Gasteiger partial charge in [0, 0.05) is 20.2 Å². The van der Waals surface area contributed by atoms with Crippen LogP contribution in [0.5, 0.6) is 5.75 Å². The van der Waals surface area contributed by atoms with E-state index in [-0.39, 0.29) is 30.3 Å². The molecule has 2 aromatic heterocycles. The molecule has 9 heteroatoms. The lowest BCUT2D eigenvalue weighted by Gasteiger charge is -2.16. The molecule has 0 saturated carbocycles. The summed E-state index contributed by atoms with van der Waals surface area (Å²) in [4.78, 5) is 35.0. The number of aryl methyl sites for hydroxylation is 1. The van der Waals surface area contributed by atoms with E-state index < -0.39 is 11.2 Å². The van der Waals surface area contributed by atoms with Gasteiger partial charge < -0.3 is 9.84 Å². The Hall–Kier alpha value is -2.52. The second kappa shape index (κ2) is 10.9. The van der Waals surface area contributed by atoms with Gasteiger partial charge in [-0.05, 0) is 53.2 Å². The molecule has 1 N–H and O–H groups in total. The Morgan fingerprint density at radius 3 is 2.53 bits per heavy atom. The first-order valence-electron chi connectivity index (χ1n) is 10.8. The lowest BCUT2D eigenvalue weighted by atomic mass is 10.1. The first kappa shape index (κ1) is 24.1. The van der Waals surface area contributed by atoms with Gasteiger partial charge in [-0.1, -0.05) is 32.4 Å². The van der Waals surface area contributed by atoms with Crippen LogP contribution in [0.2, 0.25) is 0 Å². The summed E-state index contributed by atoms with van der Waals surface area (Å²) in [5, 5.41) is 9.06. The van der Waals surface area contributed by atoms with Crippen molar-refractivity contribution in [2.75, 3.05) is 6.61 Å². The van der Waals surface area contributed by atoms with Crippen LogP contribution < -0.4 is 16.0 Å². The van der Waals surface area contributed by atoms with Crippen molar-refractivity contribution in [3.05, 3.63) is 61.0 Å². The molecule has 172 valence electrons. The van der Waals surface area contributed by atoms with Crippen molar-refractivity contribution in [1.29, 1.82) is 0 Å². The smallest absolute Gasteiger partial charge is 0.332 e. The molecule has 0 spiro atoms. The molecule has 0 atom stereocenters. The molecule has 0 amide bonds. The van der Waals surface area contributed by atoms with Gasteiger partial charge in [-0.25, -0.2) is 14.8 Å². The number of aliphatic hydroxyl groups excluding tert-OH is 1. The van der Waals surface area contributed by atoms with Crippen molar-refractivity contribution in [3.8, 4) is 5.75 Å². The van der Waals surface area contributed by atoms with Crippen molar-refractivity contribution in [3.63, 3.8) is 0 Å². The number of halogens is 1. The molecule has 0 unspecified atom stereocenters. The molecule has 0 radical (unpaired) electrons. The molecule has 1 aromatic carbocycles. The summed E-state index contributed by atoms with van der Waals surface area (Å²) < 4.78 is 9.42. The third-order valence-electron chi connectivity index (χ3n) is 5.13. The Kier molecular flexibility index (Phi) is 8.20. The number of hydrogen-bond acceptors (Lipinski definition) is 6. The first-order valence-corrected chi connectivity index (χ1v) is 11.6. The standard InChI is InChI=1S/C23H29BrN4O4/c1-15(2)13-28-21-20(22(30)27(3)23(28)31)25-17(10-5-4-8-12-29)18(26-21)14-32-19-11-7-6-9-16(19)24/h6-7,9,11,15,29H,4-5,8,10,12-14H2,1-3H3. The maximum Gasteiger partial charge on any atom is 0.332 e. The average Bonchev–Trinajstić information content (AvgIpc) is 2.77. The monoisotopic (exact) mass is 504 g/mol. The molecule has 0 aliphatic rings. The summed E-state index contributed by atoms with van der Waals surface area (Å²) in [5.74, 6) is 0.859. The molecule has 0 aliphatic carbocycles. The molecule has 0 saturated heterocycles. The third kappa shape index (κ3) is 5.45. The predicted molar refractivity (Wildman–Crippen MR) is 127 cm³/mol. The van der Waals surface area contributed by atoms with E-state index in [4.69, 9.17) is 14.8 Å². The van der Waals surface area contributed by atoms with E-state index in [0.717, 1.165) is 21.9 Å². The highest BCUT2D eigenvalue weighted by Crippen LogP contribution is 2.25. The maximum absolute atomic E-state index is 12.8. The Morgan fingerprint density at radius 2 is 1.84 bits per heavy atom. The lowest BCUT2D eigenvalue weighted by Crippen LogP contribution is -2.40. The van der Waals surface area contributed by atoms with Crippen LogP contribution in [-0.2, 0) is 26.6 Å². The number of rotatable bonds is 10. The van der Waals surface area contributed by atoms with Crippen LogP contribution >= 0.6 is 15.9 Å². The van der Waals surface area contributed by atoms with Gasteiger partial charge >= 0.3 is 5.69 Å². The number of fused-ring (bicyclic) bond motifs is 1. The third-order valence-corrected chi connectivity index (χ3v) is 5.79. The number of nitrogens with zero attached hydrogens (tertiary/aromatic N) is 4. The van der Waals surface area contributed by atoms with Crippen LogP contribution in [0.25, 0.3) is 11.2 Å². The number of ether oxygens (including phenoxy) is 1. The number of para-hydroxylation sites is 1. The number of aromatic nitrogens is 4. The summed E-state index contributed by atoms with van der Waals surface area (Å²) in [6.07, 6.45) is 2.95. The molecular weight excluding hydrogens is 476 g/mol. The Labute approximate surface area is 195 Å². The minimum atomic E-state index is -0.451. The quantitative estimate of drug-likeness (QED) is 0.425. The van der Waals surface area contributed by atoms with Crippen molar-refractivity contribution >= 4 is 27.1 Å². The van der Waals surface area contributed by atoms with Crippen molar-refractivity contribution in [1.82, 2.24) is 19.1 Å². The normalized spacial score (nSPS) is 11.4. The summed E-state index contributed by atoms with van der Waals surface area (Å²) in [7, 11) is 1.47. The van der Waals surface area contributed by atoms with E-state index >= 15 is 0 Å². The highest BCUT2D eigenvalue weighted by Gasteiger charge is 2.18. The van der Waals surface area contributed by atoms with E-state index in [1.807, 2.05) is 38.1 Å². The zero-order valence-electron chi connectivity index (χ0n) is 18.7. The summed E-state index contributed by atoms with van der Waals surface area (Å²) in [5.41, 5.74) is 0.897. The van der Waals surface area contributed by atoms with Gasteiger partial charge in [0.05, 0.1) is 10.2 Å². The van der Waals surface area contributed by atoms with Gasteiger partial charge in [0.25, 0.3) is 5.56 Å². The largest absolute Gasteiger partial charge is 0.486 e. The van der Waals surface area contributed by atoms with E-state index in [1.54, 1.807) is 0 Å². The average molecular weight is 505 g/mol. The molecule has 8 nitrogen and oxygen atoms in total. The van der Waals surface area contributed by atoms with Crippen LogP contribution in [0.3, 0.4) is 0 Å².